The average Bonchev–Trinajstić information content (AvgIpc) is 1.82. The quantitative estimate of drug-likeness (QED) is 0.647. The molecular weight excluding hydrogens is 176 g/mol. The van der Waals surface area contributed by atoms with Crippen molar-refractivity contribution in [3.8, 4) is 0 Å². The van der Waals surface area contributed by atoms with Crippen molar-refractivity contribution in [2.24, 2.45) is 11.8 Å². The van der Waals surface area contributed by atoms with Gasteiger partial charge in [0.2, 0.25) is 0 Å². The van der Waals surface area contributed by atoms with E-state index in [1.165, 1.54) is 0 Å². The molecule has 3 nitrogen and oxygen atoms in total. The molecule has 1 rings (SSSR count). The molecule has 0 aromatic heterocycles. The first-order chi connectivity index (χ1) is 5.66. The summed E-state index contributed by atoms with van der Waals surface area (Å²) in [7, 11) is 0. The zero-order chi connectivity index (χ0) is 9.14. The molecule has 1 aliphatic carbocycles. The summed E-state index contributed by atoms with van der Waals surface area (Å²) in [4.78, 5) is 21.8. The largest absolute Gasteiger partial charge is 0.481 e. The Morgan fingerprint density at radius 2 is 1.92 bits per heavy atom. The van der Waals surface area contributed by atoms with Crippen molar-refractivity contribution >= 4 is 24.4 Å². The van der Waals surface area contributed by atoms with Crippen LogP contribution in [0.3, 0.4) is 0 Å². The number of hydrogen-bond acceptors (Lipinski definition) is 3. The number of carbonyl (C=O) groups excluding carboxylic acids is 1. The van der Waals surface area contributed by atoms with E-state index in [4.69, 9.17) is 5.11 Å². The smallest absolute Gasteiger partial charge is 0.307 e. The van der Waals surface area contributed by atoms with E-state index in [1.54, 1.807) is 0 Å². The Morgan fingerprint density at radius 1 is 1.33 bits per heavy atom. The molecule has 0 saturated heterocycles. The molecule has 0 aromatic carbocycles. The highest BCUT2D eigenvalue weighted by Crippen LogP contribution is 2.35. The van der Waals surface area contributed by atoms with Gasteiger partial charge in [-0.1, -0.05) is 0 Å². The Hall–Kier alpha value is -0.510. The summed E-state index contributed by atoms with van der Waals surface area (Å²) in [5, 5.41) is 8.65. The molecule has 1 aliphatic rings. The van der Waals surface area contributed by atoms with Crippen LogP contribution in [-0.4, -0.2) is 22.6 Å². The highest BCUT2D eigenvalue weighted by Gasteiger charge is 2.40. The molecule has 68 valence electrons. The second-order valence-electron chi connectivity index (χ2n) is 3.07. The number of carboxylic acid groups (broad SMARTS) is 1. The molecule has 1 N–H and O–H groups in total. The van der Waals surface area contributed by atoms with Gasteiger partial charge in [-0.3, -0.25) is 9.59 Å². The molecule has 0 bridgehead atoms. The van der Waals surface area contributed by atoms with Crippen LogP contribution in [0.1, 0.15) is 19.3 Å². The van der Waals surface area contributed by atoms with Crippen LogP contribution in [0, 0.1) is 11.8 Å². The monoisotopic (exact) mass is 188 g/mol. The second-order valence-corrected chi connectivity index (χ2v) is 3.52. The van der Waals surface area contributed by atoms with Gasteiger partial charge < -0.3 is 5.11 Å². The summed E-state index contributed by atoms with van der Waals surface area (Å²) in [6, 6.07) is 0. The number of carboxylic acids is 1. The van der Waals surface area contributed by atoms with Crippen LogP contribution in [0.25, 0.3) is 0 Å². The first-order valence-electron chi connectivity index (χ1n) is 4.03. The minimum absolute atomic E-state index is 0.0589. The fourth-order valence-electron chi connectivity index (χ4n) is 1.48. The van der Waals surface area contributed by atoms with Crippen LogP contribution in [0.5, 0.6) is 0 Å². The molecule has 2 atom stereocenters. The van der Waals surface area contributed by atoms with Crippen molar-refractivity contribution < 1.29 is 14.7 Å². The lowest BCUT2D eigenvalue weighted by molar-refractivity contribution is -0.152. The van der Waals surface area contributed by atoms with E-state index >= 15 is 0 Å². The van der Waals surface area contributed by atoms with Crippen LogP contribution in [0.15, 0.2) is 0 Å². The number of ketones is 1. The third kappa shape index (κ3) is 1.80. The lowest BCUT2D eigenvalue weighted by Crippen LogP contribution is -2.38. The number of rotatable bonds is 4. The highest BCUT2D eigenvalue weighted by molar-refractivity contribution is 7.80. The molecule has 1 fully saturated rings. The summed E-state index contributed by atoms with van der Waals surface area (Å²) >= 11 is 3.93. The van der Waals surface area contributed by atoms with Crippen LogP contribution in [-0.2, 0) is 9.59 Å². The average molecular weight is 188 g/mol. The SMILES string of the molecule is O=C(O)C1CCC1C(=O)CCS. The summed E-state index contributed by atoms with van der Waals surface area (Å²) in [6.07, 6.45) is 1.79. The summed E-state index contributed by atoms with van der Waals surface area (Å²) < 4.78 is 0. The topological polar surface area (TPSA) is 54.4 Å². The van der Waals surface area contributed by atoms with Gasteiger partial charge in [0, 0.05) is 12.3 Å². The zero-order valence-corrected chi connectivity index (χ0v) is 7.59. The first kappa shape index (κ1) is 9.58. The van der Waals surface area contributed by atoms with Crippen LogP contribution < -0.4 is 0 Å². The molecule has 0 spiro atoms. The predicted octanol–water partition coefficient (Wildman–Crippen LogP) is 0.986. The van der Waals surface area contributed by atoms with Gasteiger partial charge >= 0.3 is 5.97 Å². The summed E-state index contributed by atoms with van der Waals surface area (Å²) in [5.41, 5.74) is 0. The predicted molar refractivity (Wildman–Crippen MR) is 47.3 cm³/mol. The number of hydrogen-bond donors (Lipinski definition) is 2. The second kappa shape index (κ2) is 3.94. The van der Waals surface area contributed by atoms with Gasteiger partial charge in [0.15, 0.2) is 0 Å². The van der Waals surface area contributed by atoms with E-state index in [0.717, 1.165) is 6.42 Å². The minimum Gasteiger partial charge on any atom is -0.481 e. The number of carbonyl (C=O) groups is 2. The molecule has 4 heteroatoms. The summed E-state index contributed by atoms with van der Waals surface area (Å²) in [5.74, 6) is -0.906. The molecule has 0 aliphatic heterocycles. The fourth-order valence-corrected chi connectivity index (χ4v) is 1.70. The van der Waals surface area contributed by atoms with Gasteiger partial charge in [-0.25, -0.2) is 0 Å². The third-order valence-corrected chi connectivity index (χ3v) is 2.59. The number of aliphatic carboxylic acids is 1. The Kier molecular flexibility index (Phi) is 3.14. The molecular formula is C8H12O3S. The normalized spacial score (nSPS) is 27.8. The number of Topliss-reactive ketones (excluding diaryl/α,β-unsaturated/α-hetero) is 1. The fraction of sp³-hybridized carbons (Fsp3) is 0.750. The van der Waals surface area contributed by atoms with Gasteiger partial charge in [-0.05, 0) is 18.6 Å². The van der Waals surface area contributed by atoms with Crippen LogP contribution in [0.4, 0.5) is 0 Å². The van der Waals surface area contributed by atoms with E-state index in [1.807, 2.05) is 0 Å². The van der Waals surface area contributed by atoms with Crippen molar-refractivity contribution in [2.45, 2.75) is 19.3 Å². The maximum absolute atomic E-state index is 11.2. The van der Waals surface area contributed by atoms with E-state index in [9.17, 15) is 9.59 Å². The van der Waals surface area contributed by atoms with Gasteiger partial charge in [0.25, 0.3) is 0 Å². The van der Waals surface area contributed by atoms with Crippen molar-refractivity contribution in [1.29, 1.82) is 0 Å². The number of thiol groups is 1. The van der Waals surface area contributed by atoms with Gasteiger partial charge in [0.05, 0.1) is 5.92 Å². The van der Waals surface area contributed by atoms with E-state index in [-0.39, 0.29) is 11.7 Å². The lowest BCUT2D eigenvalue weighted by atomic mass is 9.71. The van der Waals surface area contributed by atoms with Gasteiger partial charge in [-0.15, -0.1) is 0 Å². The molecule has 1 saturated carbocycles. The molecule has 0 aromatic rings. The van der Waals surface area contributed by atoms with Crippen molar-refractivity contribution in [3.05, 3.63) is 0 Å². The standard InChI is InChI=1S/C8H12O3S/c9-7(3-4-12)5-1-2-6(5)8(10)11/h5-6,12H,1-4H2,(H,10,11). The van der Waals surface area contributed by atoms with Crippen molar-refractivity contribution in [3.63, 3.8) is 0 Å². The van der Waals surface area contributed by atoms with Crippen LogP contribution in [0.2, 0.25) is 0 Å². The van der Waals surface area contributed by atoms with Crippen LogP contribution >= 0.6 is 12.6 Å². The molecule has 0 radical (unpaired) electrons. The lowest BCUT2D eigenvalue weighted by Gasteiger charge is -2.31. The molecule has 2 unspecified atom stereocenters. The minimum atomic E-state index is -0.834. The highest BCUT2D eigenvalue weighted by atomic mass is 32.1. The van der Waals surface area contributed by atoms with Crippen molar-refractivity contribution in [1.82, 2.24) is 0 Å². The van der Waals surface area contributed by atoms with E-state index in [2.05, 4.69) is 12.6 Å². The Morgan fingerprint density at radius 3 is 2.25 bits per heavy atom. The van der Waals surface area contributed by atoms with E-state index < -0.39 is 11.9 Å². The first-order valence-corrected chi connectivity index (χ1v) is 4.66. The molecule has 12 heavy (non-hydrogen) atoms. The molecule has 0 amide bonds. The zero-order valence-electron chi connectivity index (χ0n) is 6.69. The summed E-state index contributed by atoms with van der Waals surface area (Å²) in [6.45, 7) is 0. The third-order valence-electron chi connectivity index (χ3n) is 2.36. The van der Waals surface area contributed by atoms with E-state index in [0.29, 0.717) is 18.6 Å². The maximum Gasteiger partial charge on any atom is 0.307 e. The Bertz CT molecular complexity index is 202. The van der Waals surface area contributed by atoms with Gasteiger partial charge in [0.1, 0.15) is 5.78 Å². The van der Waals surface area contributed by atoms with Crippen molar-refractivity contribution in [2.75, 3.05) is 5.75 Å². The molecule has 0 heterocycles. The Balaban J connectivity index is 2.43. The Labute approximate surface area is 76.6 Å². The maximum atomic E-state index is 11.2. The van der Waals surface area contributed by atoms with Gasteiger partial charge in [-0.2, -0.15) is 12.6 Å².